The number of aryl methyl sites for hydroxylation is 2. The van der Waals surface area contributed by atoms with Crippen molar-refractivity contribution in [1.29, 1.82) is 0 Å². The Morgan fingerprint density at radius 2 is 1.73 bits per heavy atom. The maximum Gasteiger partial charge on any atom is 0.144 e. The summed E-state index contributed by atoms with van der Waals surface area (Å²) in [5.74, 6) is 0.706. The van der Waals surface area contributed by atoms with Crippen molar-refractivity contribution in [1.82, 2.24) is 19.7 Å². The number of aromatic amines is 1. The standard InChI is InChI=1S/C20H16Cl2N4/c1-12-17(19(22)26(25-12)16-10-6-9-15(21)11-16)20-23-13(2)18(24-20)14-7-4-3-5-8-14/h3-11H,1-2H3,(H,23,24). The maximum atomic E-state index is 6.66. The Bertz CT molecular complexity index is 1080. The molecule has 0 saturated heterocycles. The van der Waals surface area contributed by atoms with Crippen molar-refractivity contribution in [2.75, 3.05) is 0 Å². The Kier molecular flexibility index (Phi) is 4.31. The van der Waals surface area contributed by atoms with Gasteiger partial charge in [-0.2, -0.15) is 5.10 Å². The molecule has 0 aliphatic heterocycles. The van der Waals surface area contributed by atoms with Crippen molar-refractivity contribution in [2.45, 2.75) is 13.8 Å². The van der Waals surface area contributed by atoms with Crippen molar-refractivity contribution < 1.29 is 0 Å². The molecule has 0 aliphatic carbocycles. The van der Waals surface area contributed by atoms with Crippen LogP contribution in [0.3, 0.4) is 0 Å². The van der Waals surface area contributed by atoms with E-state index in [-0.39, 0.29) is 0 Å². The molecule has 4 nitrogen and oxygen atoms in total. The van der Waals surface area contributed by atoms with Crippen molar-refractivity contribution in [3.05, 3.63) is 76.2 Å². The molecule has 0 radical (unpaired) electrons. The molecule has 26 heavy (non-hydrogen) atoms. The monoisotopic (exact) mass is 382 g/mol. The van der Waals surface area contributed by atoms with Gasteiger partial charge in [-0.25, -0.2) is 9.67 Å². The molecular formula is C20H16Cl2N4. The second kappa shape index (κ2) is 6.63. The fraction of sp³-hybridized carbons (Fsp3) is 0.100. The number of nitrogens with one attached hydrogen (secondary N) is 1. The van der Waals surface area contributed by atoms with Crippen molar-refractivity contribution in [3.8, 4) is 28.3 Å². The van der Waals surface area contributed by atoms with E-state index in [1.54, 1.807) is 4.68 Å². The molecule has 0 unspecified atom stereocenters. The van der Waals surface area contributed by atoms with Crippen LogP contribution in [0.2, 0.25) is 10.2 Å². The third-order valence-corrected chi connectivity index (χ3v) is 4.81. The first-order valence-corrected chi connectivity index (χ1v) is 8.93. The number of hydrogen-bond donors (Lipinski definition) is 1. The van der Waals surface area contributed by atoms with Gasteiger partial charge in [0.15, 0.2) is 0 Å². The molecule has 1 N–H and O–H groups in total. The smallest absolute Gasteiger partial charge is 0.144 e. The van der Waals surface area contributed by atoms with Crippen LogP contribution in [0.5, 0.6) is 0 Å². The highest BCUT2D eigenvalue weighted by molar-refractivity contribution is 6.32. The van der Waals surface area contributed by atoms with E-state index >= 15 is 0 Å². The Labute approximate surface area is 161 Å². The summed E-state index contributed by atoms with van der Waals surface area (Å²) in [4.78, 5) is 8.12. The fourth-order valence-corrected chi connectivity index (χ4v) is 3.55. The molecule has 4 rings (SSSR count). The zero-order valence-electron chi connectivity index (χ0n) is 14.3. The topological polar surface area (TPSA) is 46.5 Å². The van der Waals surface area contributed by atoms with Gasteiger partial charge in [-0.1, -0.05) is 59.6 Å². The van der Waals surface area contributed by atoms with Gasteiger partial charge in [0.25, 0.3) is 0 Å². The Balaban J connectivity index is 1.83. The first kappa shape index (κ1) is 16.9. The van der Waals surface area contributed by atoms with E-state index < -0.39 is 0 Å². The summed E-state index contributed by atoms with van der Waals surface area (Å²) in [7, 11) is 0. The maximum absolute atomic E-state index is 6.66. The lowest BCUT2D eigenvalue weighted by molar-refractivity contribution is 0.863. The van der Waals surface area contributed by atoms with Crippen LogP contribution in [0, 0.1) is 13.8 Å². The number of H-pyrrole nitrogens is 1. The van der Waals surface area contributed by atoms with Gasteiger partial charge in [-0.15, -0.1) is 0 Å². The highest BCUT2D eigenvalue weighted by Gasteiger charge is 2.20. The van der Waals surface area contributed by atoms with Crippen molar-refractivity contribution in [2.24, 2.45) is 0 Å². The third-order valence-electron chi connectivity index (χ3n) is 4.23. The third kappa shape index (κ3) is 2.91. The van der Waals surface area contributed by atoms with E-state index in [0.29, 0.717) is 16.0 Å². The van der Waals surface area contributed by atoms with E-state index in [4.69, 9.17) is 28.2 Å². The predicted molar refractivity (Wildman–Crippen MR) is 106 cm³/mol. The molecule has 0 aliphatic rings. The number of halogens is 2. The summed E-state index contributed by atoms with van der Waals surface area (Å²) < 4.78 is 1.68. The number of hydrogen-bond acceptors (Lipinski definition) is 2. The molecule has 0 atom stereocenters. The van der Waals surface area contributed by atoms with Gasteiger partial charge in [-0.3, -0.25) is 0 Å². The molecule has 130 valence electrons. The molecule has 0 saturated carbocycles. The van der Waals surface area contributed by atoms with E-state index in [9.17, 15) is 0 Å². The minimum absolute atomic E-state index is 0.498. The highest BCUT2D eigenvalue weighted by atomic mass is 35.5. The van der Waals surface area contributed by atoms with Gasteiger partial charge in [0, 0.05) is 16.3 Å². The average Bonchev–Trinajstić information content (AvgIpc) is 3.15. The summed E-state index contributed by atoms with van der Waals surface area (Å²) in [5.41, 5.74) is 5.34. The molecular weight excluding hydrogens is 367 g/mol. The Hall–Kier alpha value is -2.56. The van der Waals surface area contributed by atoms with Crippen LogP contribution in [0.25, 0.3) is 28.3 Å². The number of benzene rings is 2. The predicted octanol–water partition coefficient (Wildman–Crippen LogP) is 5.85. The van der Waals surface area contributed by atoms with Gasteiger partial charge in [0.2, 0.25) is 0 Å². The average molecular weight is 383 g/mol. The lowest BCUT2D eigenvalue weighted by atomic mass is 10.1. The Morgan fingerprint density at radius 3 is 2.46 bits per heavy atom. The summed E-state index contributed by atoms with van der Waals surface area (Å²) >= 11 is 12.8. The summed E-state index contributed by atoms with van der Waals surface area (Å²) in [6.07, 6.45) is 0. The van der Waals surface area contributed by atoms with Crippen LogP contribution in [0.1, 0.15) is 11.4 Å². The molecule has 2 aromatic carbocycles. The van der Waals surface area contributed by atoms with Gasteiger partial charge in [0.1, 0.15) is 11.0 Å². The summed E-state index contributed by atoms with van der Waals surface area (Å²) in [6, 6.07) is 17.5. The van der Waals surface area contributed by atoms with Crippen LogP contribution < -0.4 is 0 Å². The van der Waals surface area contributed by atoms with Crippen LogP contribution in [-0.2, 0) is 0 Å². The van der Waals surface area contributed by atoms with E-state index in [1.165, 1.54) is 0 Å². The molecule has 0 amide bonds. The van der Waals surface area contributed by atoms with Crippen LogP contribution in [0.4, 0.5) is 0 Å². The second-order valence-corrected chi connectivity index (χ2v) is 6.86. The normalized spacial score (nSPS) is 11.1. The minimum atomic E-state index is 0.498. The summed E-state index contributed by atoms with van der Waals surface area (Å²) in [5, 5.41) is 5.71. The molecule has 2 aromatic heterocycles. The number of aromatic nitrogens is 4. The van der Waals surface area contributed by atoms with E-state index in [0.717, 1.165) is 33.9 Å². The first-order chi connectivity index (χ1) is 12.5. The number of nitrogens with zero attached hydrogens (tertiary/aromatic N) is 3. The van der Waals surface area contributed by atoms with Gasteiger partial charge >= 0.3 is 0 Å². The molecule has 6 heteroatoms. The first-order valence-electron chi connectivity index (χ1n) is 8.18. The molecule has 2 heterocycles. The van der Waals surface area contributed by atoms with E-state index in [1.807, 2.05) is 68.4 Å². The van der Waals surface area contributed by atoms with E-state index in [2.05, 4.69) is 10.1 Å². The minimum Gasteiger partial charge on any atom is -0.341 e. The largest absolute Gasteiger partial charge is 0.341 e. The molecule has 0 spiro atoms. The van der Waals surface area contributed by atoms with Gasteiger partial charge in [0.05, 0.1) is 22.6 Å². The van der Waals surface area contributed by atoms with Crippen molar-refractivity contribution in [3.63, 3.8) is 0 Å². The van der Waals surface area contributed by atoms with Gasteiger partial charge < -0.3 is 4.98 Å². The highest BCUT2D eigenvalue weighted by Crippen LogP contribution is 2.34. The zero-order chi connectivity index (χ0) is 18.3. The second-order valence-electron chi connectivity index (χ2n) is 6.07. The zero-order valence-corrected chi connectivity index (χ0v) is 15.8. The molecule has 4 aromatic rings. The van der Waals surface area contributed by atoms with Crippen molar-refractivity contribution >= 4 is 23.2 Å². The lowest BCUT2D eigenvalue weighted by Gasteiger charge is -2.03. The quantitative estimate of drug-likeness (QED) is 0.482. The van der Waals surface area contributed by atoms with Crippen LogP contribution >= 0.6 is 23.2 Å². The SMILES string of the molecule is Cc1nn(-c2cccc(Cl)c2)c(Cl)c1-c1nc(-c2ccccc2)c(C)[nH]1. The lowest BCUT2D eigenvalue weighted by Crippen LogP contribution is -1.96. The van der Waals surface area contributed by atoms with Gasteiger partial charge in [-0.05, 0) is 32.0 Å². The number of imidazole rings is 1. The fourth-order valence-electron chi connectivity index (χ4n) is 3.00. The van der Waals surface area contributed by atoms with Crippen LogP contribution in [0.15, 0.2) is 54.6 Å². The van der Waals surface area contributed by atoms with Crippen LogP contribution in [-0.4, -0.2) is 19.7 Å². The molecule has 0 fully saturated rings. The summed E-state index contributed by atoms with van der Waals surface area (Å²) in [6.45, 7) is 3.92. The number of rotatable bonds is 3. The molecule has 0 bridgehead atoms. The Morgan fingerprint density at radius 1 is 0.962 bits per heavy atom.